The van der Waals surface area contributed by atoms with Gasteiger partial charge in [0.25, 0.3) is 5.91 Å². The Balaban J connectivity index is 3.40. The van der Waals surface area contributed by atoms with E-state index < -0.39 is 24.0 Å². The van der Waals surface area contributed by atoms with Crippen molar-refractivity contribution in [2.75, 3.05) is 6.54 Å². The number of amides is 1. The van der Waals surface area contributed by atoms with E-state index in [0.717, 1.165) is 0 Å². The Morgan fingerprint density at radius 2 is 1.93 bits per heavy atom. The Labute approximate surface area is 88.5 Å². The molecule has 15 heavy (non-hydrogen) atoms. The molecule has 0 fully saturated rings. The number of hydrogen-bond donors (Lipinski definition) is 4. The average Bonchev–Trinajstić information content (AvgIpc) is 2.16. The molecule has 0 aromatic rings. The van der Waals surface area contributed by atoms with Crippen molar-refractivity contribution in [1.29, 1.82) is 0 Å². The molecule has 0 heterocycles. The highest BCUT2D eigenvalue weighted by Crippen LogP contribution is 2.00. The summed E-state index contributed by atoms with van der Waals surface area (Å²) in [5.74, 6) is -1.11. The molecule has 1 amide bonds. The predicted molar refractivity (Wildman–Crippen MR) is 53.7 cm³/mol. The van der Waals surface area contributed by atoms with Gasteiger partial charge in [-0.25, -0.2) is 0 Å². The van der Waals surface area contributed by atoms with Crippen molar-refractivity contribution in [3.05, 3.63) is 0 Å². The van der Waals surface area contributed by atoms with Gasteiger partial charge >= 0.3 is 0 Å². The van der Waals surface area contributed by atoms with Gasteiger partial charge in [-0.3, -0.25) is 9.59 Å². The fraction of sp³-hybridized carbons (Fsp3) is 0.778. The van der Waals surface area contributed by atoms with Crippen molar-refractivity contribution in [1.82, 2.24) is 5.32 Å². The second-order valence-electron chi connectivity index (χ2n) is 3.39. The zero-order chi connectivity index (χ0) is 11.8. The second kappa shape index (κ2) is 7.33. The molecule has 0 aliphatic carbocycles. The van der Waals surface area contributed by atoms with Crippen LogP contribution in [-0.2, 0) is 9.59 Å². The molecule has 6 nitrogen and oxygen atoms in total. The van der Waals surface area contributed by atoms with Crippen LogP contribution in [0.2, 0.25) is 0 Å². The summed E-state index contributed by atoms with van der Waals surface area (Å²) in [6, 6.07) is -0.659. The largest absolute Gasteiger partial charge is 0.367 e. The molecule has 5 N–H and O–H groups in total. The lowest BCUT2D eigenvalue weighted by Gasteiger charge is -2.12. The van der Waals surface area contributed by atoms with E-state index >= 15 is 0 Å². The molecular weight excluding hydrogens is 200 g/mol. The van der Waals surface area contributed by atoms with E-state index in [-0.39, 0.29) is 0 Å². The van der Waals surface area contributed by atoms with Gasteiger partial charge in [0, 0.05) is 13.5 Å². The Morgan fingerprint density at radius 3 is 2.40 bits per heavy atom. The highest BCUT2D eigenvalue weighted by molar-refractivity contribution is 6.35. The van der Waals surface area contributed by atoms with E-state index in [1.807, 2.05) is 0 Å². The Hall–Kier alpha value is -0.980. The highest BCUT2D eigenvalue weighted by atomic mass is 16.5. The molecule has 1 atom stereocenters. The summed E-state index contributed by atoms with van der Waals surface area (Å²) in [6.45, 7) is 1.60. The minimum absolute atomic E-state index is 0.395. The quantitative estimate of drug-likeness (QED) is 0.236. The lowest BCUT2D eigenvalue weighted by Crippen LogP contribution is -2.34. The lowest BCUT2D eigenvalue weighted by atomic mass is 10.1. The summed E-state index contributed by atoms with van der Waals surface area (Å²) in [4.78, 5) is 21.3. The van der Waals surface area contributed by atoms with Gasteiger partial charge in [-0.15, -0.1) is 0 Å². The molecule has 0 aromatic carbocycles. The Morgan fingerprint density at radius 1 is 1.33 bits per heavy atom. The van der Waals surface area contributed by atoms with Crippen LogP contribution in [0.5, 0.6) is 0 Å². The third kappa shape index (κ3) is 7.01. The highest BCUT2D eigenvalue weighted by Gasteiger charge is 2.10. The molecule has 88 valence electrons. The molecule has 6 heteroatoms. The topological polar surface area (TPSA) is 113 Å². The van der Waals surface area contributed by atoms with Gasteiger partial charge in [-0.05, 0) is 19.3 Å². The van der Waals surface area contributed by atoms with E-state index in [4.69, 9.17) is 15.9 Å². The zero-order valence-electron chi connectivity index (χ0n) is 8.77. The first kappa shape index (κ1) is 14.0. The molecule has 0 aromatic heterocycles. The minimum atomic E-state index is -1.50. The molecule has 0 spiro atoms. The fourth-order valence-corrected chi connectivity index (χ4v) is 0.981. The molecule has 0 bridgehead atoms. The number of rotatable bonds is 7. The van der Waals surface area contributed by atoms with Crippen molar-refractivity contribution < 1.29 is 19.8 Å². The third-order valence-corrected chi connectivity index (χ3v) is 1.95. The molecule has 0 saturated heterocycles. The molecule has 1 unspecified atom stereocenters. The van der Waals surface area contributed by atoms with Crippen LogP contribution in [0.3, 0.4) is 0 Å². The number of nitrogens with two attached hydrogens (primary N) is 1. The number of aliphatic hydroxyl groups is 2. The van der Waals surface area contributed by atoms with E-state index in [0.29, 0.717) is 25.8 Å². The first-order valence-corrected chi connectivity index (χ1v) is 4.85. The first-order chi connectivity index (χ1) is 6.95. The van der Waals surface area contributed by atoms with Gasteiger partial charge in [-0.2, -0.15) is 0 Å². The smallest absolute Gasteiger partial charge is 0.287 e. The van der Waals surface area contributed by atoms with Crippen molar-refractivity contribution >= 4 is 11.7 Å². The van der Waals surface area contributed by atoms with E-state index in [1.165, 1.54) is 6.92 Å². The van der Waals surface area contributed by atoms with Gasteiger partial charge < -0.3 is 21.3 Å². The number of unbranched alkanes of at least 4 members (excludes halogenated alkanes) is 1. The van der Waals surface area contributed by atoms with E-state index in [2.05, 4.69) is 5.32 Å². The van der Waals surface area contributed by atoms with Crippen molar-refractivity contribution in [2.24, 2.45) is 5.73 Å². The maximum atomic E-state index is 10.8. The van der Waals surface area contributed by atoms with Crippen LogP contribution >= 0.6 is 0 Å². The summed E-state index contributed by atoms with van der Waals surface area (Å²) in [5, 5.41) is 19.7. The van der Waals surface area contributed by atoms with Gasteiger partial charge in [0.2, 0.25) is 5.78 Å². The van der Waals surface area contributed by atoms with Crippen LogP contribution in [0.15, 0.2) is 0 Å². The van der Waals surface area contributed by atoms with Crippen LogP contribution in [-0.4, -0.2) is 40.8 Å². The number of Topliss-reactive ketones (excluding diaryl/α,β-unsaturated/α-hetero) is 1. The number of hydrogen-bond acceptors (Lipinski definition) is 5. The average molecular weight is 218 g/mol. The summed E-state index contributed by atoms with van der Waals surface area (Å²) >= 11 is 0. The molecule has 0 saturated carbocycles. The van der Waals surface area contributed by atoms with Crippen LogP contribution in [0.1, 0.15) is 26.2 Å². The fourth-order valence-electron chi connectivity index (χ4n) is 0.981. The monoisotopic (exact) mass is 218 g/mol. The Kier molecular flexibility index (Phi) is 6.85. The molecular formula is C9H18N2O4. The molecule has 0 rings (SSSR count). The van der Waals surface area contributed by atoms with Crippen molar-refractivity contribution in [3.8, 4) is 0 Å². The SMILES string of the molecule is CC(=O)C(=O)NCCCCC(N)C(O)O. The number of carbonyl (C=O) groups is 2. The number of aliphatic hydroxyl groups excluding tert-OH is 1. The number of ketones is 1. The second-order valence-corrected chi connectivity index (χ2v) is 3.39. The predicted octanol–water partition coefficient (Wildman–Crippen LogP) is -1.50. The van der Waals surface area contributed by atoms with Crippen LogP contribution < -0.4 is 11.1 Å². The van der Waals surface area contributed by atoms with Crippen LogP contribution in [0.25, 0.3) is 0 Å². The summed E-state index contributed by atoms with van der Waals surface area (Å²) in [5.41, 5.74) is 5.37. The molecule has 0 radical (unpaired) electrons. The maximum absolute atomic E-state index is 10.8. The van der Waals surface area contributed by atoms with Crippen LogP contribution in [0, 0.1) is 0 Å². The normalized spacial score (nSPS) is 12.6. The van der Waals surface area contributed by atoms with Gasteiger partial charge in [0.15, 0.2) is 6.29 Å². The van der Waals surface area contributed by atoms with Crippen molar-refractivity contribution in [2.45, 2.75) is 38.5 Å². The number of nitrogens with one attached hydrogen (secondary N) is 1. The van der Waals surface area contributed by atoms with Gasteiger partial charge in [0.1, 0.15) is 0 Å². The van der Waals surface area contributed by atoms with E-state index in [1.54, 1.807) is 0 Å². The number of carbonyl (C=O) groups excluding carboxylic acids is 2. The summed E-state index contributed by atoms with van der Waals surface area (Å²) < 4.78 is 0. The Bertz CT molecular complexity index is 218. The van der Waals surface area contributed by atoms with Gasteiger partial charge in [0.05, 0.1) is 6.04 Å². The van der Waals surface area contributed by atoms with Crippen LogP contribution in [0.4, 0.5) is 0 Å². The molecule has 0 aliphatic heterocycles. The summed E-state index contributed by atoms with van der Waals surface area (Å²) in [7, 11) is 0. The maximum Gasteiger partial charge on any atom is 0.287 e. The van der Waals surface area contributed by atoms with E-state index in [9.17, 15) is 9.59 Å². The molecule has 0 aliphatic rings. The first-order valence-electron chi connectivity index (χ1n) is 4.85. The third-order valence-electron chi connectivity index (χ3n) is 1.95. The van der Waals surface area contributed by atoms with Crippen molar-refractivity contribution in [3.63, 3.8) is 0 Å². The lowest BCUT2D eigenvalue weighted by molar-refractivity contribution is -0.136. The standard InChI is InChI=1S/C9H18N2O4/c1-6(12)8(13)11-5-3-2-4-7(10)9(14)15/h7,9,14-15H,2-5,10H2,1H3,(H,11,13). The van der Waals surface area contributed by atoms with Gasteiger partial charge in [-0.1, -0.05) is 0 Å². The minimum Gasteiger partial charge on any atom is -0.367 e. The summed E-state index contributed by atoms with van der Waals surface area (Å²) in [6.07, 6.45) is 0.279. The zero-order valence-corrected chi connectivity index (χ0v) is 8.77.